The van der Waals surface area contributed by atoms with E-state index in [-0.39, 0.29) is 41.4 Å². The standard InChI is InChI=1S/C24H21N3O5/c28-22(25-17-7-4-8-18(13-17)27(31)32)19(11-14-5-2-1-3-6-14)26-23(29)20-15-9-10-16(12-15)21(20)24(26)30/h1-10,13,15-16,19-21H,11-12H2,(H,25,28). The Bertz CT molecular complexity index is 1120. The van der Waals surface area contributed by atoms with E-state index in [1.807, 2.05) is 42.5 Å². The number of carbonyl (C=O) groups excluding carboxylic acids is 3. The summed E-state index contributed by atoms with van der Waals surface area (Å²) in [5.74, 6) is -1.86. The maximum atomic E-state index is 13.3. The molecule has 162 valence electrons. The summed E-state index contributed by atoms with van der Waals surface area (Å²) in [5, 5.41) is 13.8. The number of nitro benzene ring substituents is 1. The number of carbonyl (C=O) groups is 3. The van der Waals surface area contributed by atoms with Crippen LogP contribution in [0.4, 0.5) is 11.4 Å². The van der Waals surface area contributed by atoms with Crippen molar-refractivity contribution < 1.29 is 19.3 Å². The number of rotatable bonds is 6. The Kier molecular flexibility index (Phi) is 4.84. The summed E-state index contributed by atoms with van der Waals surface area (Å²) in [6.45, 7) is 0. The number of anilines is 1. The molecule has 0 spiro atoms. The van der Waals surface area contributed by atoms with Crippen LogP contribution in [0.25, 0.3) is 0 Å². The van der Waals surface area contributed by atoms with Crippen LogP contribution in [0.5, 0.6) is 0 Å². The fourth-order valence-electron chi connectivity index (χ4n) is 5.29. The van der Waals surface area contributed by atoms with Gasteiger partial charge in [0.15, 0.2) is 0 Å². The van der Waals surface area contributed by atoms with Crippen LogP contribution < -0.4 is 5.32 Å². The Hall–Kier alpha value is -3.81. The summed E-state index contributed by atoms with van der Waals surface area (Å²) in [6, 6.07) is 13.7. The van der Waals surface area contributed by atoms with Crippen molar-refractivity contribution in [1.29, 1.82) is 0 Å². The van der Waals surface area contributed by atoms with Gasteiger partial charge in [0.2, 0.25) is 17.7 Å². The lowest BCUT2D eigenvalue weighted by atomic mass is 9.85. The van der Waals surface area contributed by atoms with Crippen LogP contribution in [0.1, 0.15) is 12.0 Å². The molecule has 1 heterocycles. The number of nitrogens with one attached hydrogen (secondary N) is 1. The van der Waals surface area contributed by atoms with Crippen LogP contribution in [0.2, 0.25) is 0 Å². The topological polar surface area (TPSA) is 110 Å². The van der Waals surface area contributed by atoms with E-state index in [9.17, 15) is 24.5 Å². The first-order valence-corrected chi connectivity index (χ1v) is 10.6. The molecule has 8 nitrogen and oxygen atoms in total. The molecule has 32 heavy (non-hydrogen) atoms. The third kappa shape index (κ3) is 3.28. The summed E-state index contributed by atoms with van der Waals surface area (Å²) in [7, 11) is 0. The van der Waals surface area contributed by atoms with Crippen molar-refractivity contribution in [3.8, 4) is 0 Å². The van der Waals surface area contributed by atoms with Crippen molar-refractivity contribution in [3.05, 3.63) is 82.4 Å². The van der Waals surface area contributed by atoms with Crippen molar-refractivity contribution in [2.75, 3.05) is 5.32 Å². The van der Waals surface area contributed by atoms with Gasteiger partial charge in [0.25, 0.3) is 5.69 Å². The average Bonchev–Trinajstić information content (AvgIpc) is 3.47. The van der Waals surface area contributed by atoms with Gasteiger partial charge in [-0.1, -0.05) is 48.6 Å². The first-order chi connectivity index (χ1) is 15.4. The summed E-state index contributed by atoms with van der Waals surface area (Å²) in [5.41, 5.74) is 0.890. The highest BCUT2D eigenvalue weighted by molar-refractivity contribution is 6.11. The molecule has 1 N–H and O–H groups in total. The lowest BCUT2D eigenvalue weighted by Gasteiger charge is -2.27. The zero-order valence-electron chi connectivity index (χ0n) is 17.1. The number of benzene rings is 2. The van der Waals surface area contributed by atoms with E-state index < -0.39 is 28.7 Å². The number of nitrogens with zero attached hydrogens (tertiary/aromatic N) is 2. The molecule has 8 heteroatoms. The van der Waals surface area contributed by atoms with Gasteiger partial charge < -0.3 is 5.32 Å². The molecular weight excluding hydrogens is 410 g/mol. The van der Waals surface area contributed by atoms with Crippen LogP contribution in [0.3, 0.4) is 0 Å². The average molecular weight is 431 g/mol. The number of hydrogen-bond acceptors (Lipinski definition) is 5. The fourth-order valence-corrected chi connectivity index (χ4v) is 5.29. The van der Waals surface area contributed by atoms with Crippen LogP contribution in [0.15, 0.2) is 66.7 Å². The molecule has 5 rings (SSSR count). The Labute approximate surface area is 184 Å². The van der Waals surface area contributed by atoms with Crippen LogP contribution in [-0.2, 0) is 20.8 Å². The van der Waals surface area contributed by atoms with Gasteiger partial charge in [-0.2, -0.15) is 0 Å². The second kappa shape index (κ2) is 7.71. The number of likely N-dealkylation sites (tertiary alicyclic amines) is 1. The molecule has 2 aromatic carbocycles. The monoisotopic (exact) mass is 431 g/mol. The minimum atomic E-state index is -1.04. The highest BCUT2D eigenvalue weighted by Gasteiger charge is 2.61. The van der Waals surface area contributed by atoms with Gasteiger partial charge in [-0.25, -0.2) is 0 Å². The number of imide groups is 1. The Morgan fingerprint density at radius 3 is 2.31 bits per heavy atom. The Balaban J connectivity index is 1.45. The van der Waals surface area contributed by atoms with Gasteiger partial charge in [0.1, 0.15) is 6.04 Å². The second-order valence-corrected chi connectivity index (χ2v) is 8.55. The molecular formula is C24H21N3O5. The largest absolute Gasteiger partial charge is 0.324 e. The lowest BCUT2D eigenvalue weighted by Crippen LogP contribution is -2.49. The molecule has 5 unspecified atom stereocenters. The van der Waals surface area contributed by atoms with Crippen molar-refractivity contribution in [3.63, 3.8) is 0 Å². The lowest BCUT2D eigenvalue weighted by molar-refractivity contribution is -0.384. The van der Waals surface area contributed by atoms with Gasteiger partial charge in [0.05, 0.1) is 16.8 Å². The van der Waals surface area contributed by atoms with E-state index >= 15 is 0 Å². The normalized spacial score (nSPS) is 26.3. The molecule has 3 aliphatic rings. The number of nitro groups is 1. The van der Waals surface area contributed by atoms with Crippen molar-refractivity contribution >= 4 is 29.1 Å². The molecule has 2 aromatic rings. The van der Waals surface area contributed by atoms with Gasteiger partial charge in [-0.15, -0.1) is 0 Å². The minimum absolute atomic E-state index is 0.0451. The molecule has 0 aromatic heterocycles. The number of amides is 3. The maximum Gasteiger partial charge on any atom is 0.271 e. The molecule has 1 saturated carbocycles. The van der Waals surface area contributed by atoms with E-state index in [0.29, 0.717) is 0 Å². The van der Waals surface area contributed by atoms with E-state index in [0.717, 1.165) is 16.9 Å². The molecule has 2 fully saturated rings. The van der Waals surface area contributed by atoms with Crippen LogP contribution in [-0.4, -0.2) is 33.6 Å². The van der Waals surface area contributed by atoms with Gasteiger partial charge in [-0.3, -0.25) is 29.4 Å². The highest BCUT2D eigenvalue weighted by atomic mass is 16.6. The molecule has 5 atom stereocenters. The first kappa shape index (κ1) is 20.1. The minimum Gasteiger partial charge on any atom is -0.324 e. The van der Waals surface area contributed by atoms with E-state index in [2.05, 4.69) is 5.32 Å². The van der Waals surface area contributed by atoms with E-state index in [4.69, 9.17) is 0 Å². The molecule has 0 radical (unpaired) electrons. The Morgan fingerprint density at radius 1 is 1.03 bits per heavy atom. The summed E-state index contributed by atoms with van der Waals surface area (Å²) in [4.78, 5) is 51.6. The number of hydrogen-bond donors (Lipinski definition) is 1. The van der Waals surface area contributed by atoms with E-state index in [1.54, 1.807) is 0 Å². The predicted molar refractivity (Wildman–Crippen MR) is 115 cm³/mol. The SMILES string of the molecule is O=C(Nc1cccc([N+](=O)[O-])c1)C(Cc1ccccc1)N1C(=O)C2C3C=CC(C3)C2C1=O. The zero-order valence-corrected chi connectivity index (χ0v) is 17.1. The van der Waals surface area contributed by atoms with Gasteiger partial charge in [-0.05, 0) is 29.9 Å². The molecule has 1 aliphatic heterocycles. The van der Waals surface area contributed by atoms with Gasteiger partial charge in [0, 0.05) is 24.2 Å². The summed E-state index contributed by atoms with van der Waals surface area (Å²) < 4.78 is 0. The summed E-state index contributed by atoms with van der Waals surface area (Å²) >= 11 is 0. The summed E-state index contributed by atoms with van der Waals surface area (Å²) in [6.07, 6.45) is 5.00. The Morgan fingerprint density at radius 2 is 1.69 bits per heavy atom. The fraction of sp³-hybridized carbons (Fsp3) is 0.292. The number of fused-ring (bicyclic) bond motifs is 5. The smallest absolute Gasteiger partial charge is 0.271 e. The second-order valence-electron chi connectivity index (χ2n) is 8.55. The first-order valence-electron chi connectivity index (χ1n) is 10.6. The highest BCUT2D eigenvalue weighted by Crippen LogP contribution is 2.53. The molecule has 2 bridgehead atoms. The predicted octanol–water partition coefficient (Wildman–Crippen LogP) is 2.95. The zero-order chi connectivity index (χ0) is 22.4. The molecule has 1 saturated heterocycles. The van der Waals surface area contributed by atoms with Crippen molar-refractivity contribution in [2.24, 2.45) is 23.7 Å². The van der Waals surface area contributed by atoms with Crippen LogP contribution in [0, 0.1) is 33.8 Å². The van der Waals surface area contributed by atoms with Gasteiger partial charge >= 0.3 is 0 Å². The molecule has 3 amide bonds. The number of non-ortho nitro benzene ring substituents is 1. The quantitative estimate of drug-likeness (QED) is 0.327. The van der Waals surface area contributed by atoms with Crippen molar-refractivity contribution in [1.82, 2.24) is 4.90 Å². The van der Waals surface area contributed by atoms with E-state index in [1.165, 1.54) is 24.3 Å². The number of allylic oxidation sites excluding steroid dienone is 2. The van der Waals surface area contributed by atoms with Crippen molar-refractivity contribution in [2.45, 2.75) is 18.9 Å². The maximum absolute atomic E-state index is 13.3. The van der Waals surface area contributed by atoms with Crippen LogP contribution >= 0.6 is 0 Å². The third-order valence-electron chi connectivity index (χ3n) is 6.72. The third-order valence-corrected chi connectivity index (χ3v) is 6.72. The molecule has 2 aliphatic carbocycles.